The molecule has 1 nitrogen and oxygen atoms in total. The Labute approximate surface area is 199 Å². The van der Waals surface area contributed by atoms with Crippen LogP contribution in [0.3, 0.4) is 0 Å². The van der Waals surface area contributed by atoms with E-state index in [4.69, 9.17) is 0 Å². The molecule has 0 aliphatic carbocycles. The molecule has 0 aliphatic heterocycles. The fraction of sp³-hybridized carbons (Fsp3) is 0.219. The van der Waals surface area contributed by atoms with Crippen molar-refractivity contribution in [1.82, 2.24) is 0 Å². The molecule has 1 heteroatoms. The minimum absolute atomic E-state index is 0.826. The molecule has 0 bridgehead atoms. The lowest BCUT2D eigenvalue weighted by molar-refractivity contribution is -0.104. The number of carbonyl (C=O) groups excluding carboxylic acids is 1. The molecule has 0 aromatic heterocycles. The zero-order valence-electron chi connectivity index (χ0n) is 20.3. The minimum Gasteiger partial charge on any atom is -0.299 e. The molecule has 0 unspecified atom stereocenters. The van der Waals surface area contributed by atoms with Crippen LogP contribution in [0.1, 0.15) is 49.4 Å². The third-order valence-electron chi connectivity index (χ3n) is 5.49. The summed E-state index contributed by atoms with van der Waals surface area (Å²) < 4.78 is 0. The van der Waals surface area contributed by atoms with Crippen LogP contribution in [-0.4, -0.2) is 6.29 Å². The molecule has 0 fully saturated rings. The largest absolute Gasteiger partial charge is 0.299 e. The third kappa shape index (κ3) is 8.90. The topological polar surface area (TPSA) is 17.1 Å². The summed E-state index contributed by atoms with van der Waals surface area (Å²) in [6, 6.07) is 25.4. The average Bonchev–Trinajstić information content (AvgIpc) is 2.86. The number of hydrogen-bond acceptors (Lipinski definition) is 1. The summed E-state index contributed by atoms with van der Waals surface area (Å²) in [6.45, 7) is 10.3. The summed E-state index contributed by atoms with van der Waals surface area (Å²) in [6.07, 6.45) is 12.7. The van der Waals surface area contributed by atoms with Crippen LogP contribution < -0.4 is 10.4 Å². The van der Waals surface area contributed by atoms with Crippen LogP contribution in [0.4, 0.5) is 0 Å². The van der Waals surface area contributed by atoms with Gasteiger partial charge in [-0.25, -0.2) is 0 Å². The van der Waals surface area contributed by atoms with Gasteiger partial charge in [-0.2, -0.15) is 0 Å². The fourth-order valence-corrected chi connectivity index (χ4v) is 3.64. The predicted octanol–water partition coefficient (Wildman–Crippen LogP) is 6.48. The second kappa shape index (κ2) is 14.6. The molecule has 0 atom stereocenters. The van der Waals surface area contributed by atoms with Gasteiger partial charge in [-0.3, -0.25) is 4.79 Å². The first kappa shape index (κ1) is 25.8. The smallest absolute Gasteiger partial charge is 0.142 e. The van der Waals surface area contributed by atoms with E-state index >= 15 is 0 Å². The Morgan fingerprint density at radius 2 is 1.55 bits per heavy atom. The van der Waals surface area contributed by atoms with Crippen molar-refractivity contribution in [2.45, 2.75) is 46.5 Å². The van der Waals surface area contributed by atoms with E-state index in [2.05, 4.69) is 74.2 Å². The maximum absolute atomic E-state index is 10.6. The summed E-state index contributed by atoms with van der Waals surface area (Å²) in [7, 11) is 0. The van der Waals surface area contributed by atoms with Crippen molar-refractivity contribution in [3.8, 4) is 0 Å². The van der Waals surface area contributed by atoms with Crippen molar-refractivity contribution in [3.05, 3.63) is 123 Å². The average molecular weight is 437 g/mol. The molecule has 0 N–H and O–H groups in total. The van der Waals surface area contributed by atoms with Crippen molar-refractivity contribution in [2.75, 3.05) is 0 Å². The highest BCUT2D eigenvalue weighted by Crippen LogP contribution is 2.16. The lowest BCUT2D eigenvalue weighted by Crippen LogP contribution is -2.21. The van der Waals surface area contributed by atoms with Crippen LogP contribution in [-0.2, 0) is 24.1 Å². The van der Waals surface area contributed by atoms with Gasteiger partial charge in [0.05, 0.1) is 0 Å². The van der Waals surface area contributed by atoms with E-state index in [9.17, 15) is 4.79 Å². The Morgan fingerprint density at radius 3 is 2.30 bits per heavy atom. The van der Waals surface area contributed by atoms with Crippen molar-refractivity contribution in [3.63, 3.8) is 0 Å². The molecule has 3 aromatic rings. The molecule has 0 radical (unpaired) electrons. The van der Waals surface area contributed by atoms with E-state index in [-0.39, 0.29) is 0 Å². The first-order valence-corrected chi connectivity index (χ1v) is 11.8. The van der Waals surface area contributed by atoms with Crippen LogP contribution in [0.5, 0.6) is 0 Å². The van der Waals surface area contributed by atoms with Gasteiger partial charge < -0.3 is 0 Å². The van der Waals surface area contributed by atoms with Gasteiger partial charge in [0.2, 0.25) is 0 Å². The number of aryl methyl sites for hydroxylation is 3. The minimum atomic E-state index is 0.826. The molecular weight excluding hydrogens is 400 g/mol. The highest BCUT2D eigenvalue weighted by Gasteiger charge is 2.02. The lowest BCUT2D eigenvalue weighted by atomic mass is 9.97. The van der Waals surface area contributed by atoms with E-state index in [1.54, 1.807) is 6.08 Å². The van der Waals surface area contributed by atoms with Crippen molar-refractivity contribution in [1.29, 1.82) is 0 Å². The fourth-order valence-electron chi connectivity index (χ4n) is 3.64. The van der Waals surface area contributed by atoms with E-state index < -0.39 is 0 Å². The maximum atomic E-state index is 10.6. The summed E-state index contributed by atoms with van der Waals surface area (Å²) >= 11 is 0. The Hall–Kier alpha value is -3.45. The zero-order valence-corrected chi connectivity index (χ0v) is 20.3. The Balaban J connectivity index is 0.00000187. The van der Waals surface area contributed by atoms with Crippen molar-refractivity contribution in [2.24, 2.45) is 0 Å². The molecule has 0 saturated heterocycles. The van der Waals surface area contributed by atoms with Gasteiger partial charge in [0.15, 0.2) is 0 Å². The van der Waals surface area contributed by atoms with Crippen molar-refractivity contribution < 1.29 is 4.79 Å². The monoisotopic (exact) mass is 436 g/mol. The first-order chi connectivity index (χ1) is 16.2. The Kier molecular flexibility index (Phi) is 11.4. The summed E-state index contributed by atoms with van der Waals surface area (Å²) in [5, 5.41) is 2.23. The number of hydrogen-bond donors (Lipinski definition) is 0. The molecule has 33 heavy (non-hydrogen) atoms. The molecule has 0 amide bonds. The van der Waals surface area contributed by atoms with Crippen LogP contribution in [0.2, 0.25) is 0 Å². The summed E-state index contributed by atoms with van der Waals surface area (Å²) in [5.41, 5.74) is 6.48. The molecule has 3 rings (SSSR count). The highest BCUT2D eigenvalue weighted by atomic mass is 16.1. The summed E-state index contributed by atoms with van der Waals surface area (Å²) in [5.74, 6) is 0. The van der Waals surface area contributed by atoms with Crippen LogP contribution in [0, 0.1) is 0 Å². The van der Waals surface area contributed by atoms with Gasteiger partial charge in [-0.1, -0.05) is 117 Å². The van der Waals surface area contributed by atoms with Gasteiger partial charge in [0.25, 0.3) is 0 Å². The second-order valence-electron chi connectivity index (χ2n) is 7.89. The number of allylic oxidation sites excluding steroid dienone is 3. The highest BCUT2D eigenvalue weighted by molar-refractivity contribution is 5.74. The number of benzene rings is 3. The van der Waals surface area contributed by atoms with Gasteiger partial charge in [0, 0.05) is 0 Å². The lowest BCUT2D eigenvalue weighted by Gasteiger charge is -2.08. The van der Waals surface area contributed by atoms with Gasteiger partial charge in [0.1, 0.15) is 6.29 Å². The quantitative estimate of drug-likeness (QED) is 0.277. The second-order valence-corrected chi connectivity index (χ2v) is 7.89. The molecule has 3 aromatic carbocycles. The van der Waals surface area contributed by atoms with Gasteiger partial charge in [-0.05, 0) is 71.4 Å². The Morgan fingerprint density at radius 1 is 0.848 bits per heavy atom. The Bertz CT molecular complexity index is 1180. The molecular formula is C32H36O. The van der Waals surface area contributed by atoms with E-state index in [0.717, 1.165) is 42.8 Å². The van der Waals surface area contributed by atoms with Crippen molar-refractivity contribution >= 4 is 25.0 Å². The molecule has 0 heterocycles. The number of aldehydes is 1. The third-order valence-corrected chi connectivity index (χ3v) is 5.49. The van der Waals surface area contributed by atoms with Crippen LogP contribution >= 0.6 is 0 Å². The molecule has 0 aliphatic rings. The SMILES string of the molecule is C=c1cccc/c1=C/C=C(\C)CCc1cccc(CCc2ccccc2/C=C/C=O)c1.CC. The van der Waals surface area contributed by atoms with Crippen LogP contribution in [0.15, 0.2) is 90.5 Å². The summed E-state index contributed by atoms with van der Waals surface area (Å²) in [4.78, 5) is 10.6. The van der Waals surface area contributed by atoms with Gasteiger partial charge >= 0.3 is 0 Å². The van der Waals surface area contributed by atoms with E-state index in [0.29, 0.717) is 0 Å². The number of carbonyl (C=O) groups is 1. The van der Waals surface area contributed by atoms with Crippen LogP contribution in [0.25, 0.3) is 18.7 Å². The standard InChI is InChI=1S/C30H30O.C2H6/c1-24(17-20-28-12-4-3-9-25(28)2)16-18-26-10-7-11-27(23-26)19-21-30-14-6-5-13-29(30)15-8-22-31;1-2/h3-15,17,20,22-23H,2,16,18-19,21H2,1H3;1-2H3/b15-8+,24-17+,28-20-;. The van der Waals surface area contributed by atoms with E-state index in [1.165, 1.54) is 27.5 Å². The number of rotatable bonds is 9. The molecule has 170 valence electrons. The normalized spacial score (nSPS) is 11.8. The zero-order chi connectivity index (χ0) is 23.9. The first-order valence-electron chi connectivity index (χ1n) is 11.8. The van der Waals surface area contributed by atoms with Gasteiger partial charge in [-0.15, -0.1) is 0 Å². The molecule has 0 spiro atoms. The maximum Gasteiger partial charge on any atom is 0.142 e. The van der Waals surface area contributed by atoms with E-state index in [1.807, 2.05) is 44.2 Å². The molecule has 0 saturated carbocycles. The predicted molar refractivity (Wildman–Crippen MR) is 144 cm³/mol.